The summed E-state index contributed by atoms with van der Waals surface area (Å²) in [5, 5.41) is 28.0. The molecule has 122 valence electrons. The first-order valence-electron chi connectivity index (χ1n) is 5.74. The van der Waals surface area contributed by atoms with E-state index in [0.29, 0.717) is 0 Å². The van der Waals surface area contributed by atoms with Crippen LogP contribution in [-0.2, 0) is 14.5 Å². The van der Waals surface area contributed by atoms with Crippen molar-refractivity contribution in [1.29, 1.82) is 0 Å². The number of rotatable bonds is 9. The van der Waals surface area contributed by atoms with E-state index in [-0.39, 0.29) is 0 Å². The van der Waals surface area contributed by atoms with Crippen molar-refractivity contribution in [3.63, 3.8) is 0 Å². The summed E-state index contributed by atoms with van der Waals surface area (Å²) in [6, 6.07) is 0. The Hall–Kier alpha value is -2.40. The van der Waals surface area contributed by atoms with Gasteiger partial charge in [-0.2, -0.15) is 0 Å². The molecule has 0 spiro atoms. The molecule has 0 heterocycles. The predicted molar refractivity (Wildman–Crippen MR) is 65.3 cm³/mol. The highest BCUT2D eigenvalue weighted by Gasteiger charge is 2.46. The molecule has 0 fully saturated rings. The van der Waals surface area contributed by atoms with Gasteiger partial charge in [0.25, 0.3) is 15.3 Å². The van der Waals surface area contributed by atoms with Gasteiger partial charge in [-0.05, 0) is 5.41 Å². The van der Waals surface area contributed by atoms with E-state index >= 15 is 0 Å². The van der Waals surface area contributed by atoms with Crippen LogP contribution in [0.4, 0.5) is 0 Å². The topological polar surface area (TPSA) is 157 Å². The summed E-state index contributed by atoms with van der Waals surface area (Å²) in [5.41, 5.74) is -2.35. The highest BCUT2D eigenvalue weighted by atomic mass is 17.0. The minimum atomic E-state index is -1.49. The van der Waals surface area contributed by atoms with Gasteiger partial charge in [0.15, 0.2) is 0 Å². The number of hydrogen-bond acceptors (Lipinski definition) is 9. The molecule has 0 bridgehead atoms. The van der Waals surface area contributed by atoms with Gasteiger partial charge in [-0.15, -0.1) is 30.3 Å². The lowest BCUT2D eigenvalue weighted by Gasteiger charge is -2.41. The maximum Gasteiger partial charge on any atom is 0.294 e. The van der Waals surface area contributed by atoms with Crippen molar-refractivity contribution in [3.8, 4) is 0 Å². The molecule has 0 aromatic carbocycles. The van der Waals surface area contributed by atoms with Gasteiger partial charge in [-0.3, -0.25) is 0 Å². The fourth-order valence-corrected chi connectivity index (χ4v) is 2.01. The summed E-state index contributed by atoms with van der Waals surface area (Å²) in [7, 11) is 0. The fourth-order valence-electron chi connectivity index (χ4n) is 2.01. The molecule has 21 heavy (non-hydrogen) atoms. The van der Waals surface area contributed by atoms with Gasteiger partial charge in [0.2, 0.25) is 0 Å². The predicted octanol–water partition coefficient (Wildman–Crippen LogP) is 1.03. The smallest absolute Gasteiger partial charge is 0.294 e. The third kappa shape index (κ3) is 6.54. The van der Waals surface area contributed by atoms with Gasteiger partial charge in [-0.1, -0.05) is 27.7 Å². The maximum atomic E-state index is 10.6. The van der Waals surface area contributed by atoms with E-state index in [2.05, 4.69) is 14.5 Å². The van der Waals surface area contributed by atoms with E-state index in [1.807, 2.05) is 0 Å². The Labute approximate surface area is 119 Å². The minimum absolute atomic E-state index is 0.663. The zero-order chi connectivity index (χ0) is 16.8. The van der Waals surface area contributed by atoms with E-state index in [4.69, 9.17) is 0 Å². The maximum absolute atomic E-state index is 10.6. The van der Waals surface area contributed by atoms with Crippen LogP contribution in [-0.4, -0.2) is 34.6 Å². The molecule has 0 aliphatic rings. The second kappa shape index (κ2) is 6.85. The summed E-state index contributed by atoms with van der Waals surface area (Å²) in [6.07, 6.45) is -1.24. The molecule has 0 aromatic heterocycles. The Bertz CT molecular complexity index is 388. The fraction of sp³-hybridized carbons (Fsp3) is 1.00. The van der Waals surface area contributed by atoms with Crippen LogP contribution < -0.4 is 0 Å². The van der Waals surface area contributed by atoms with Gasteiger partial charge in [0.05, 0.1) is 0 Å². The molecule has 1 unspecified atom stereocenters. The monoisotopic (exact) mass is 311 g/mol. The molecule has 0 radical (unpaired) electrons. The molecule has 0 saturated carbocycles. The Morgan fingerprint density at radius 3 is 1.48 bits per heavy atom. The highest BCUT2D eigenvalue weighted by Crippen LogP contribution is 2.37. The Morgan fingerprint density at radius 2 is 1.24 bits per heavy atom. The SMILES string of the molecule is CC(C)(C)C(O[N+](=O)[O-])C(C)(CO[N+](=O)[O-])CO[N+](=O)[O-]. The first-order chi connectivity index (χ1) is 9.38. The molecule has 0 aliphatic heterocycles. The molecule has 0 aromatic rings. The van der Waals surface area contributed by atoms with Crippen LogP contribution >= 0.6 is 0 Å². The quantitative estimate of drug-likeness (QED) is 0.447. The lowest BCUT2D eigenvalue weighted by Crippen LogP contribution is -2.50. The lowest BCUT2D eigenvalue weighted by atomic mass is 9.72. The zero-order valence-electron chi connectivity index (χ0n) is 12.0. The van der Waals surface area contributed by atoms with Crippen LogP contribution in [0.3, 0.4) is 0 Å². The average molecular weight is 311 g/mol. The average Bonchev–Trinajstić information content (AvgIpc) is 2.29. The molecule has 0 amide bonds. The van der Waals surface area contributed by atoms with Gasteiger partial charge in [0, 0.05) is 5.41 Å². The highest BCUT2D eigenvalue weighted by molar-refractivity contribution is 4.90. The van der Waals surface area contributed by atoms with Crippen LogP contribution in [0.5, 0.6) is 0 Å². The Kier molecular flexibility index (Phi) is 6.07. The van der Waals surface area contributed by atoms with E-state index < -0.39 is 45.4 Å². The van der Waals surface area contributed by atoms with Crippen molar-refractivity contribution >= 4 is 0 Å². The normalized spacial score (nSPS) is 13.1. The van der Waals surface area contributed by atoms with Gasteiger partial charge < -0.3 is 14.5 Å². The standard InChI is InChI=1S/C9H17N3O9/c1-8(2,3)7(21-12(17)18)9(4,5-19-10(13)14)6-20-11(15)16/h7H,5-6H2,1-4H3. The van der Waals surface area contributed by atoms with E-state index in [0.717, 1.165) is 0 Å². The summed E-state index contributed by atoms with van der Waals surface area (Å²) in [4.78, 5) is 44.2. The summed E-state index contributed by atoms with van der Waals surface area (Å²) < 4.78 is 0. The summed E-state index contributed by atoms with van der Waals surface area (Å²) in [6.45, 7) is 4.72. The molecule has 0 saturated heterocycles. The first-order valence-corrected chi connectivity index (χ1v) is 5.74. The van der Waals surface area contributed by atoms with E-state index in [1.54, 1.807) is 20.8 Å². The van der Waals surface area contributed by atoms with Crippen LogP contribution in [0, 0.1) is 41.2 Å². The third-order valence-corrected chi connectivity index (χ3v) is 2.61. The molecule has 1 atom stereocenters. The molecule has 0 aliphatic carbocycles. The van der Waals surface area contributed by atoms with E-state index in [9.17, 15) is 30.3 Å². The van der Waals surface area contributed by atoms with Crippen molar-refractivity contribution in [2.45, 2.75) is 33.8 Å². The van der Waals surface area contributed by atoms with E-state index in [1.165, 1.54) is 6.92 Å². The summed E-state index contributed by atoms with van der Waals surface area (Å²) >= 11 is 0. The molecule has 12 nitrogen and oxygen atoms in total. The first kappa shape index (κ1) is 18.6. The second-order valence-corrected chi connectivity index (χ2v) is 5.72. The van der Waals surface area contributed by atoms with Crippen LogP contribution in [0.1, 0.15) is 27.7 Å². The zero-order valence-corrected chi connectivity index (χ0v) is 12.0. The van der Waals surface area contributed by atoms with Crippen molar-refractivity contribution in [3.05, 3.63) is 30.3 Å². The molecular weight excluding hydrogens is 294 g/mol. The molecule has 0 N–H and O–H groups in total. The van der Waals surface area contributed by atoms with Gasteiger partial charge in [0.1, 0.15) is 19.3 Å². The molecule has 0 rings (SSSR count). The Balaban J connectivity index is 5.39. The van der Waals surface area contributed by atoms with Crippen LogP contribution in [0.15, 0.2) is 0 Å². The lowest BCUT2D eigenvalue weighted by molar-refractivity contribution is -0.791. The van der Waals surface area contributed by atoms with Crippen molar-refractivity contribution in [1.82, 2.24) is 0 Å². The van der Waals surface area contributed by atoms with Crippen LogP contribution in [0.25, 0.3) is 0 Å². The Morgan fingerprint density at radius 1 is 0.857 bits per heavy atom. The summed E-state index contributed by atoms with van der Waals surface area (Å²) in [5.74, 6) is 0. The van der Waals surface area contributed by atoms with Gasteiger partial charge in [-0.25, -0.2) is 0 Å². The number of nitrogens with zero attached hydrogens (tertiary/aromatic N) is 3. The molecule has 12 heteroatoms. The minimum Gasteiger partial charge on any atom is -0.313 e. The third-order valence-electron chi connectivity index (χ3n) is 2.61. The van der Waals surface area contributed by atoms with Crippen LogP contribution in [0.2, 0.25) is 0 Å². The largest absolute Gasteiger partial charge is 0.313 e. The second-order valence-electron chi connectivity index (χ2n) is 5.72. The van der Waals surface area contributed by atoms with Crippen molar-refractivity contribution in [2.75, 3.05) is 13.2 Å². The van der Waals surface area contributed by atoms with Crippen molar-refractivity contribution < 1.29 is 29.8 Å². The van der Waals surface area contributed by atoms with Gasteiger partial charge >= 0.3 is 0 Å². The number of hydrogen-bond donors (Lipinski definition) is 0. The van der Waals surface area contributed by atoms with Crippen molar-refractivity contribution in [2.24, 2.45) is 10.8 Å². The molecular formula is C9H17N3O9.